The van der Waals surface area contributed by atoms with Crippen LogP contribution in [-0.2, 0) is 5.41 Å². The van der Waals surface area contributed by atoms with Crippen LogP contribution in [-0.4, -0.2) is 11.2 Å². The summed E-state index contributed by atoms with van der Waals surface area (Å²) in [6.07, 6.45) is 2.87. The molecule has 0 radical (unpaired) electrons. The van der Waals surface area contributed by atoms with Crippen molar-refractivity contribution in [3.63, 3.8) is 0 Å². The van der Waals surface area contributed by atoms with Gasteiger partial charge in [0.25, 0.3) is 0 Å². The number of rotatable bonds is 6. The van der Waals surface area contributed by atoms with Crippen molar-refractivity contribution in [2.75, 3.05) is 0 Å². The Balaban J connectivity index is 2.97. The van der Waals surface area contributed by atoms with Gasteiger partial charge in [-0.3, -0.25) is 0 Å². The highest BCUT2D eigenvalue weighted by Crippen LogP contribution is 2.34. The molecule has 0 fully saturated rings. The maximum Gasteiger partial charge on any atom is 0.0823 e. The molecule has 1 rings (SSSR count). The molecule has 0 aromatic heterocycles. The smallest absolute Gasteiger partial charge is 0.0823 e. The molecule has 92 valence electrons. The van der Waals surface area contributed by atoms with Crippen molar-refractivity contribution in [2.45, 2.75) is 51.0 Å². The summed E-state index contributed by atoms with van der Waals surface area (Å²) in [5.41, 5.74) is 0.637. The lowest BCUT2D eigenvalue weighted by Crippen LogP contribution is -2.25. The minimum Gasteiger partial charge on any atom is -0.393 e. The van der Waals surface area contributed by atoms with Crippen LogP contribution in [0.2, 0.25) is 0 Å². The summed E-state index contributed by atoms with van der Waals surface area (Å²) in [5, 5.41) is 19.0. The van der Waals surface area contributed by atoms with E-state index in [1.165, 1.54) is 0 Å². The third kappa shape index (κ3) is 3.57. The second kappa shape index (κ2) is 6.42. The van der Waals surface area contributed by atoms with Gasteiger partial charge >= 0.3 is 0 Å². The number of hydrogen-bond acceptors (Lipinski definition) is 2. The van der Waals surface area contributed by atoms with Crippen molar-refractivity contribution in [2.24, 2.45) is 0 Å². The summed E-state index contributed by atoms with van der Waals surface area (Å²) in [4.78, 5) is 0. The first kappa shape index (κ1) is 13.7. The maximum atomic E-state index is 9.54. The van der Waals surface area contributed by atoms with Crippen LogP contribution in [0.4, 0.5) is 0 Å². The van der Waals surface area contributed by atoms with E-state index in [2.05, 4.69) is 13.0 Å². The average Bonchev–Trinajstić information content (AvgIpc) is 2.35. The predicted octanol–water partition coefficient (Wildman–Crippen LogP) is 3.41. The molecule has 17 heavy (non-hydrogen) atoms. The van der Waals surface area contributed by atoms with E-state index in [4.69, 9.17) is 0 Å². The van der Waals surface area contributed by atoms with Crippen LogP contribution in [0.5, 0.6) is 0 Å². The molecule has 1 aromatic carbocycles. The lowest BCUT2D eigenvalue weighted by Gasteiger charge is -2.27. The molecular weight excluding hydrogens is 210 g/mol. The fourth-order valence-electron chi connectivity index (χ4n) is 2.23. The lowest BCUT2D eigenvalue weighted by molar-refractivity contribution is 0.172. The summed E-state index contributed by atoms with van der Waals surface area (Å²) in [7, 11) is 0. The van der Waals surface area contributed by atoms with Crippen molar-refractivity contribution in [3.05, 3.63) is 35.9 Å². The minimum atomic E-state index is -0.437. The maximum absolute atomic E-state index is 9.54. The Bertz CT molecular complexity index is 366. The molecule has 0 spiro atoms. The first-order valence-corrected chi connectivity index (χ1v) is 6.29. The van der Waals surface area contributed by atoms with Gasteiger partial charge in [-0.2, -0.15) is 5.26 Å². The van der Waals surface area contributed by atoms with Crippen LogP contribution in [0.3, 0.4) is 0 Å². The zero-order valence-electron chi connectivity index (χ0n) is 10.7. The van der Waals surface area contributed by atoms with Crippen LogP contribution in [0.25, 0.3) is 0 Å². The monoisotopic (exact) mass is 231 g/mol. The third-order valence-corrected chi connectivity index (χ3v) is 3.21. The zero-order chi connectivity index (χ0) is 12.7. The highest BCUT2D eigenvalue weighted by Gasteiger charge is 2.31. The van der Waals surface area contributed by atoms with Gasteiger partial charge in [-0.15, -0.1) is 0 Å². The molecule has 0 aliphatic heterocycles. The van der Waals surface area contributed by atoms with E-state index >= 15 is 0 Å². The van der Waals surface area contributed by atoms with Gasteiger partial charge in [-0.05, 0) is 31.7 Å². The van der Waals surface area contributed by atoms with Gasteiger partial charge in [0.05, 0.1) is 17.6 Å². The molecule has 2 atom stereocenters. The normalized spacial score (nSPS) is 15.9. The third-order valence-electron chi connectivity index (χ3n) is 3.21. The van der Waals surface area contributed by atoms with E-state index in [0.29, 0.717) is 6.42 Å². The van der Waals surface area contributed by atoms with E-state index in [1.807, 2.05) is 30.3 Å². The van der Waals surface area contributed by atoms with E-state index < -0.39 is 5.41 Å². The van der Waals surface area contributed by atoms with Crippen LogP contribution in [0.1, 0.15) is 45.1 Å². The first-order chi connectivity index (χ1) is 8.14. The Morgan fingerprint density at radius 2 is 1.94 bits per heavy atom. The molecule has 1 aromatic rings. The Labute approximate surface area is 104 Å². The number of nitrogens with zero attached hydrogens (tertiary/aromatic N) is 1. The van der Waals surface area contributed by atoms with E-state index in [9.17, 15) is 10.4 Å². The van der Waals surface area contributed by atoms with Crippen LogP contribution >= 0.6 is 0 Å². The van der Waals surface area contributed by atoms with Gasteiger partial charge in [0.1, 0.15) is 0 Å². The van der Waals surface area contributed by atoms with Crippen molar-refractivity contribution in [1.29, 1.82) is 5.26 Å². The second-order valence-corrected chi connectivity index (χ2v) is 4.70. The molecule has 0 bridgehead atoms. The zero-order valence-corrected chi connectivity index (χ0v) is 10.7. The Morgan fingerprint density at radius 3 is 2.41 bits per heavy atom. The molecule has 2 nitrogen and oxygen atoms in total. The first-order valence-electron chi connectivity index (χ1n) is 6.29. The summed E-state index contributed by atoms with van der Waals surface area (Å²) >= 11 is 0. The second-order valence-electron chi connectivity index (χ2n) is 4.70. The lowest BCUT2D eigenvalue weighted by atomic mass is 9.74. The molecular formula is C15H21NO. The van der Waals surface area contributed by atoms with Gasteiger partial charge < -0.3 is 5.11 Å². The van der Waals surface area contributed by atoms with Crippen molar-refractivity contribution >= 4 is 0 Å². The van der Waals surface area contributed by atoms with E-state index in [0.717, 1.165) is 24.8 Å². The molecule has 0 aliphatic rings. The fourth-order valence-corrected chi connectivity index (χ4v) is 2.23. The van der Waals surface area contributed by atoms with Gasteiger partial charge in [0.15, 0.2) is 0 Å². The quantitative estimate of drug-likeness (QED) is 0.815. The van der Waals surface area contributed by atoms with Crippen LogP contribution < -0.4 is 0 Å². The van der Waals surface area contributed by atoms with Crippen molar-refractivity contribution in [3.8, 4) is 6.07 Å². The predicted molar refractivity (Wildman–Crippen MR) is 69.6 cm³/mol. The highest BCUT2D eigenvalue weighted by atomic mass is 16.3. The number of aliphatic hydroxyl groups excluding tert-OH is 1. The summed E-state index contributed by atoms with van der Waals surface area (Å²) < 4.78 is 0. The average molecular weight is 231 g/mol. The van der Waals surface area contributed by atoms with E-state index in [-0.39, 0.29) is 6.10 Å². The molecule has 0 saturated heterocycles. The van der Waals surface area contributed by atoms with Crippen molar-refractivity contribution < 1.29 is 5.11 Å². The number of nitriles is 1. The van der Waals surface area contributed by atoms with E-state index in [1.54, 1.807) is 6.92 Å². The Morgan fingerprint density at radius 1 is 1.29 bits per heavy atom. The summed E-state index contributed by atoms with van der Waals surface area (Å²) in [6.45, 7) is 3.87. The largest absolute Gasteiger partial charge is 0.393 e. The standard InChI is InChI=1S/C15H21NO/c1-3-10-15(12-16,11-9-13(2)17)14-7-5-4-6-8-14/h4-8,13,17H,3,9-11H2,1-2H3/t13-,15+/m1/s1. The molecule has 0 heterocycles. The van der Waals surface area contributed by atoms with Gasteiger partial charge in [-0.25, -0.2) is 0 Å². The van der Waals surface area contributed by atoms with Crippen molar-refractivity contribution in [1.82, 2.24) is 0 Å². The molecule has 0 amide bonds. The van der Waals surface area contributed by atoms with Crippen LogP contribution in [0.15, 0.2) is 30.3 Å². The molecule has 0 aliphatic carbocycles. The Kier molecular flexibility index (Phi) is 5.18. The molecule has 1 N–H and O–H groups in total. The number of benzene rings is 1. The molecule has 2 heteroatoms. The fraction of sp³-hybridized carbons (Fsp3) is 0.533. The van der Waals surface area contributed by atoms with Crippen LogP contribution in [0, 0.1) is 11.3 Å². The SMILES string of the molecule is CCC[C@@](C#N)(CC[C@@H](C)O)c1ccccc1. The highest BCUT2D eigenvalue weighted by molar-refractivity contribution is 5.32. The number of hydrogen-bond donors (Lipinski definition) is 1. The number of aliphatic hydroxyl groups is 1. The van der Waals surface area contributed by atoms with Gasteiger partial charge in [0, 0.05) is 0 Å². The molecule has 0 unspecified atom stereocenters. The molecule has 0 saturated carbocycles. The van der Waals surface area contributed by atoms with Gasteiger partial charge in [-0.1, -0.05) is 43.7 Å². The summed E-state index contributed by atoms with van der Waals surface area (Å²) in [6, 6.07) is 12.4. The van der Waals surface area contributed by atoms with Gasteiger partial charge in [0.2, 0.25) is 0 Å². The summed E-state index contributed by atoms with van der Waals surface area (Å²) in [5.74, 6) is 0. The minimum absolute atomic E-state index is 0.344. The topological polar surface area (TPSA) is 44.0 Å². The Hall–Kier alpha value is -1.33.